The number of hydrogen-bond acceptors (Lipinski definition) is 4. The highest BCUT2D eigenvalue weighted by Gasteiger charge is 2.17. The van der Waals surface area contributed by atoms with Crippen LogP contribution >= 0.6 is 11.3 Å². The number of sulfone groups is 1. The van der Waals surface area contributed by atoms with E-state index in [-0.39, 0.29) is 17.1 Å². The van der Waals surface area contributed by atoms with Gasteiger partial charge in [-0.1, -0.05) is 11.3 Å². The van der Waals surface area contributed by atoms with Crippen molar-refractivity contribution in [2.24, 2.45) is 4.99 Å². The summed E-state index contributed by atoms with van der Waals surface area (Å²) in [7, 11) is -3.67. The molecule has 3 aromatic rings. The van der Waals surface area contributed by atoms with Gasteiger partial charge in [-0.05, 0) is 68.3 Å². The molecule has 0 aliphatic heterocycles. The highest BCUT2D eigenvalue weighted by atomic mass is 32.2. The highest BCUT2D eigenvalue weighted by molar-refractivity contribution is 7.91. The van der Waals surface area contributed by atoms with Crippen molar-refractivity contribution in [3.63, 3.8) is 0 Å². The molecule has 0 unspecified atom stereocenters. The topological polar surface area (TPSA) is 68.5 Å². The lowest BCUT2D eigenvalue weighted by atomic mass is 10.1. The number of carbonyl (C=O) groups is 1. The summed E-state index contributed by atoms with van der Waals surface area (Å²) in [4.78, 5) is 17.0. The van der Waals surface area contributed by atoms with Gasteiger partial charge in [0.25, 0.3) is 0 Å². The Hall–Kier alpha value is -2.32. The lowest BCUT2D eigenvalue weighted by Gasteiger charge is -2.04. The van der Waals surface area contributed by atoms with E-state index in [0.29, 0.717) is 11.3 Å². The van der Waals surface area contributed by atoms with Crippen LogP contribution in [-0.2, 0) is 21.2 Å². The molecule has 0 spiro atoms. The van der Waals surface area contributed by atoms with Crippen LogP contribution in [0.4, 0.5) is 4.39 Å². The first-order valence-corrected chi connectivity index (χ1v) is 11.3. The van der Waals surface area contributed by atoms with Gasteiger partial charge in [0.15, 0.2) is 14.6 Å². The third kappa shape index (κ3) is 4.23. The third-order valence-electron chi connectivity index (χ3n) is 4.59. The van der Waals surface area contributed by atoms with E-state index in [1.165, 1.54) is 29.0 Å². The van der Waals surface area contributed by atoms with Gasteiger partial charge in [-0.15, -0.1) is 0 Å². The fraction of sp³-hybridized carbons (Fsp3) is 0.300. The van der Waals surface area contributed by atoms with Crippen molar-refractivity contribution in [2.45, 2.75) is 38.6 Å². The van der Waals surface area contributed by atoms with E-state index in [0.717, 1.165) is 27.9 Å². The van der Waals surface area contributed by atoms with Crippen LogP contribution in [0.25, 0.3) is 10.2 Å². The van der Waals surface area contributed by atoms with Crippen LogP contribution in [0, 0.1) is 19.7 Å². The second-order valence-corrected chi connectivity index (χ2v) is 9.68. The SMILES string of the molecule is CCn1c(=NC(=O)CCS(=O)(=O)c2ccc(F)cc2)sc2cc(C)c(C)cc21. The number of fused-ring (bicyclic) bond motifs is 1. The summed E-state index contributed by atoms with van der Waals surface area (Å²) in [6.07, 6.45) is -0.226. The molecule has 0 aliphatic carbocycles. The van der Waals surface area contributed by atoms with E-state index in [9.17, 15) is 17.6 Å². The summed E-state index contributed by atoms with van der Waals surface area (Å²) >= 11 is 1.42. The minimum atomic E-state index is -3.67. The van der Waals surface area contributed by atoms with Gasteiger partial charge in [0.05, 0.1) is 20.9 Å². The van der Waals surface area contributed by atoms with Gasteiger partial charge in [0.1, 0.15) is 5.82 Å². The molecule has 1 amide bonds. The molecular weight excluding hydrogens is 399 g/mol. The van der Waals surface area contributed by atoms with E-state index < -0.39 is 21.6 Å². The number of halogens is 1. The number of thiazole rings is 1. The van der Waals surface area contributed by atoms with Crippen LogP contribution in [0.3, 0.4) is 0 Å². The largest absolute Gasteiger partial charge is 0.317 e. The number of amides is 1. The van der Waals surface area contributed by atoms with Gasteiger partial charge >= 0.3 is 0 Å². The van der Waals surface area contributed by atoms with Crippen LogP contribution in [0.5, 0.6) is 0 Å². The zero-order chi connectivity index (χ0) is 20.5. The fourth-order valence-corrected chi connectivity index (χ4v) is 5.28. The monoisotopic (exact) mass is 420 g/mol. The minimum absolute atomic E-state index is 0.00173. The Labute approximate surface area is 167 Å². The van der Waals surface area contributed by atoms with Crippen molar-refractivity contribution in [3.8, 4) is 0 Å². The van der Waals surface area contributed by atoms with Crippen molar-refractivity contribution in [1.29, 1.82) is 0 Å². The third-order valence-corrected chi connectivity index (χ3v) is 7.37. The molecule has 0 radical (unpaired) electrons. The highest BCUT2D eigenvalue weighted by Crippen LogP contribution is 2.22. The molecule has 0 fully saturated rings. The van der Waals surface area contributed by atoms with Gasteiger partial charge in [-0.2, -0.15) is 4.99 Å². The molecule has 0 atom stereocenters. The van der Waals surface area contributed by atoms with Crippen LogP contribution in [0.1, 0.15) is 24.5 Å². The molecule has 5 nitrogen and oxygen atoms in total. The predicted molar refractivity (Wildman–Crippen MR) is 109 cm³/mol. The van der Waals surface area contributed by atoms with E-state index in [1.54, 1.807) is 0 Å². The maximum atomic E-state index is 13.0. The summed E-state index contributed by atoms with van der Waals surface area (Å²) in [5, 5.41) is 0. The molecule has 1 heterocycles. The Morgan fingerprint density at radius 2 is 1.79 bits per heavy atom. The quantitative estimate of drug-likeness (QED) is 0.590. The standard InChI is InChI=1S/C20H21FN2O3S2/c1-4-23-17-11-13(2)14(3)12-18(17)27-20(23)22-19(24)9-10-28(25,26)16-7-5-15(21)6-8-16/h5-8,11-12H,4,9-10H2,1-3H3. The number of carbonyl (C=O) groups excluding carboxylic acids is 1. The smallest absolute Gasteiger partial charge is 0.249 e. The summed E-state index contributed by atoms with van der Waals surface area (Å²) in [5.41, 5.74) is 3.34. The first-order valence-electron chi connectivity index (χ1n) is 8.87. The molecule has 0 bridgehead atoms. The van der Waals surface area contributed by atoms with E-state index in [4.69, 9.17) is 0 Å². The molecule has 28 heavy (non-hydrogen) atoms. The van der Waals surface area contributed by atoms with Crippen molar-refractivity contribution in [1.82, 2.24) is 4.57 Å². The van der Waals surface area contributed by atoms with Crippen molar-refractivity contribution >= 4 is 37.3 Å². The van der Waals surface area contributed by atoms with E-state index in [2.05, 4.69) is 17.1 Å². The first-order chi connectivity index (χ1) is 13.2. The van der Waals surface area contributed by atoms with Crippen LogP contribution in [0.15, 0.2) is 46.3 Å². The number of hydrogen-bond donors (Lipinski definition) is 0. The average molecular weight is 421 g/mol. The van der Waals surface area contributed by atoms with Crippen molar-refractivity contribution in [3.05, 3.63) is 58.1 Å². The molecule has 2 aromatic carbocycles. The van der Waals surface area contributed by atoms with E-state index in [1.807, 2.05) is 25.3 Å². The lowest BCUT2D eigenvalue weighted by Crippen LogP contribution is -2.17. The molecule has 3 rings (SSSR count). The van der Waals surface area contributed by atoms with Crippen LogP contribution < -0.4 is 4.80 Å². The van der Waals surface area contributed by atoms with Crippen molar-refractivity contribution < 1.29 is 17.6 Å². The maximum absolute atomic E-state index is 13.0. The summed E-state index contributed by atoms with van der Waals surface area (Å²) < 4.78 is 40.6. The Bertz CT molecular complexity index is 1210. The maximum Gasteiger partial charge on any atom is 0.249 e. The zero-order valence-corrected chi connectivity index (χ0v) is 17.5. The van der Waals surface area contributed by atoms with Gasteiger partial charge in [0, 0.05) is 13.0 Å². The van der Waals surface area contributed by atoms with Crippen molar-refractivity contribution in [2.75, 3.05) is 5.75 Å². The molecule has 0 N–H and O–H groups in total. The number of aryl methyl sites for hydroxylation is 3. The van der Waals surface area contributed by atoms with Gasteiger partial charge in [-0.25, -0.2) is 12.8 Å². The molecule has 0 saturated heterocycles. The number of aromatic nitrogens is 1. The normalized spacial score (nSPS) is 12.6. The van der Waals surface area contributed by atoms with E-state index >= 15 is 0 Å². The Balaban J connectivity index is 1.85. The van der Waals surface area contributed by atoms with Gasteiger partial charge in [0.2, 0.25) is 5.91 Å². The molecule has 8 heteroatoms. The lowest BCUT2D eigenvalue weighted by molar-refractivity contribution is -0.117. The Kier molecular flexibility index (Phi) is 5.81. The van der Waals surface area contributed by atoms with Crippen LogP contribution in [0.2, 0.25) is 0 Å². The first kappa shape index (κ1) is 20.4. The second kappa shape index (κ2) is 7.97. The fourth-order valence-electron chi connectivity index (χ4n) is 2.86. The van der Waals surface area contributed by atoms with Crippen LogP contribution in [-0.4, -0.2) is 24.6 Å². The van der Waals surface area contributed by atoms with Gasteiger partial charge < -0.3 is 4.57 Å². The number of rotatable bonds is 5. The number of benzene rings is 2. The zero-order valence-electron chi connectivity index (χ0n) is 15.9. The molecule has 0 aliphatic rings. The summed E-state index contributed by atoms with van der Waals surface area (Å²) in [6.45, 7) is 6.70. The molecule has 148 valence electrons. The Morgan fingerprint density at radius 1 is 1.14 bits per heavy atom. The summed E-state index contributed by atoms with van der Waals surface area (Å²) in [6, 6.07) is 8.73. The van der Waals surface area contributed by atoms with Gasteiger partial charge in [-0.3, -0.25) is 4.79 Å². The number of nitrogens with zero attached hydrogens (tertiary/aromatic N) is 2. The molecule has 1 aromatic heterocycles. The summed E-state index contributed by atoms with van der Waals surface area (Å²) in [5.74, 6) is -1.37. The average Bonchev–Trinajstić information content (AvgIpc) is 2.96. The predicted octanol–water partition coefficient (Wildman–Crippen LogP) is 3.77. The second-order valence-electron chi connectivity index (χ2n) is 6.56. The minimum Gasteiger partial charge on any atom is -0.317 e. The Morgan fingerprint density at radius 3 is 2.43 bits per heavy atom. The molecule has 0 saturated carbocycles. The molecular formula is C20H21FN2O3S2.